The standard InChI is InChI=1S/C70H117N11O14/c1-25-27-30-45(15)58(83)57-62(87)73-50(26-2)64(89)75(18)38-55(82)76(19)51(33-39(3)4)61(86)74-56(43(11)12)67(92)77(20)52(34-40(5)6)60(85)71-46(16)59(84)72-47(17)63(88)78(21)53(35-41(7)8)65(90)79(22)54(36-42(9)10)66(91)81(24)70(44(13)14,69(95)80(57)23)37-48-31-28-29-32-49(48)68(93)94/h25,27-29,31-32,39-47,50-54,56-58,83H,26,30,33-38H2,1-24H3,(H,71,85)(H,72,84)(H,73,87)(H,74,86)(H,93,94)/b27-25+/t45-,46+,47-,50+,51+,52+,53+,54+,56+,57+,58-,70+/m1/s1. The number of carbonyl (C=O) groups is 12. The Morgan fingerprint density at radius 2 is 1.03 bits per heavy atom. The van der Waals surface area contributed by atoms with Gasteiger partial charge in [-0.1, -0.05) is 127 Å². The van der Waals surface area contributed by atoms with Crippen molar-refractivity contribution >= 4 is 70.9 Å². The molecule has 0 radical (unpaired) electrons. The Kier molecular flexibility index (Phi) is 32.7. The Morgan fingerprint density at radius 1 is 0.568 bits per heavy atom. The number of benzene rings is 1. The van der Waals surface area contributed by atoms with Gasteiger partial charge < -0.3 is 65.8 Å². The van der Waals surface area contributed by atoms with Gasteiger partial charge in [0.15, 0.2) is 0 Å². The molecule has 0 unspecified atom stereocenters. The van der Waals surface area contributed by atoms with E-state index >= 15 is 19.2 Å². The van der Waals surface area contributed by atoms with Gasteiger partial charge in [-0.3, -0.25) is 52.7 Å². The number of rotatable bonds is 18. The molecule has 2 rings (SSSR count). The number of hydrogen-bond acceptors (Lipinski definition) is 13. The molecule has 1 saturated heterocycles. The highest BCUT2D eigenvalue weighted by Crippen LogP contribution is 2.36. The minimum Gasteiger partial charge on any atom is -0.478 e. The molecule has 6 N–H and O–H groups in total. The van der Waals surface area contributed by atoms with Gasteiger partial charge in [-0.2, -0.15) is 0 Å². The summed E-state index contributed by atoms with van der Waals surface area (Å²) in [5.41, 5.74) is -2.18. The molecule has 0 saturated carbocycles. The van der Waals surface area contributed by atoms with Crippen LogP contribution < -0.4 is 21.3 Å². The zero-order chi connectivity index (χ0) is 73.2. The average molecular weight is 1340 g/mol. The number of carboxylic acid groups (broad SMARTS) is 1. The van der Waals surface area contributed by atoms with Gasteiger partial charge in [-0.05, 0) is 112 Å². The monoisotopic (exact) mass is 1340 g/mol. The van der Waals surface area contributed by atoms with Crippen molar-refractivity contribution in [2.45, 2.75) is 229 Å². The van der Waals surface area contributed by atoms with Gasteiger partial charge in [0.2, 0.25) is 65.0 Å². The molecule has 1 aliphatic rings. The first-order valence-electron chi connectivity index (χ1n) is 33.7. The van der Waals surface area contributed by atoms with E-state index in [0.717, 1.165) is 9.80 Å². The molecular weight excluding hydrogens is 1220 g/mol. The molecule has 1 aliphatic heterocycles. The lowest BCUT2D eigenvalue weighted by Crippen LogP contribution is -2.69. The first-order chi connectivity index (χ1) is 44.0. The lowest BCUT2D eigenvalue weighted by Gasteiger charge is -2.49. The molecule has 1 aromatic carbocycles. The van der Waals surface area contributed by atoms with Crippen LogP contribution in [0.1, 0.15) is 172 Å². The quantitative estimate of drug-likeness (QED) is 0.110. The molecule has 0 aromatic heterocycles. The van der Waals surface area contributed by atoms with Gasteiger partial charge in [-0.25, -0.2) is 4.79 Å². The molecule has 1 fully saturated rings. The van der Waals surface area contributed by atoms with Crippen LogP contribution in [0.4, 0.5) is 0 Å². The maximum Gasteiger partial charge on any atom is 0.335 e. The van der Waals surface area contributed by atoms with E-state index in [0.29, 0.717) is 0 Å². The number of amides is 11. The predicted octanol–water partition coefficient (Wildman–Crippen LogP) is 4.58. The zero-order valence-electron chi connectivity index (χ0n) is 61.4. The van der Waals surface area contributed by atoms with Gasteiger partial charge in [0.05, 0.1) is 18.2 Å². The van der Waals surface area contributed by atoms with E-state index in [1.54, 1.807) is 66.7 Å². The van der Waals surface area contributed by atoms with Gasteiger partial charge >= 0.3 is 5.97 Å². The first-order valence-corrected chi connectivity index (χ1v) is 33.7. The van der Waals surface area contributed by atoms with Crippen LogP contribution >= 0.6 is 0 Å². The number of carbonyl (C=O) groups excluding carboxylic acids is 11. The number of likely N-dealkylation sites (N-methyl/N-ethyl adjacent to an activating group) is 7. The molecule has 1 heterocycles. The Labute approximate surface area is 565 Å². The molecule has 536 valence electrons. The number of aliphatic hydroxyl groups is 1. The number of hydrogen-bond donors (Lipinski definition) is 6. The summed E-state index contributed by atoms with van der Waals surface area (Å²) in [6, 6.07) is -5.94. The van der Waals surface area contributed by atoms with Crippen molar-refractivity contribution in [1.29, 1.82) is 0 Å². The Balaban J connectivity index is 3.23. The highest BCUT2D eigenvalue weighted by molar-refractivity contribution is 6.01. The number of allylic oxidation sites excluding steroid dienone is 2. The van der Waals surface area contributed by atoms with Gasteiger partial charge in [0.1, 0.15) is 59.9 Å². The Hall–Kier alpha value is -7.44. The van der Waals surface area contributed by atoms with Crippen molar-refractivity contribution in [1.82, 2.24) is 55.6 Å². The third-order valence-corrected chi connectivity index (χ3v) is 18.4. The molecule has 0 aliphatic carbocycles. The third kappa shape index (κ3) is 21.8. The molecule has 1 aromatic rings. The van der Waals surface area contributed by atoms with Crippen molar-refractivity contribution in [3.05, 3.63) is 47.5 Å². The van der Waals surface area contributed by atoms with E-state index in [1.165, 1.54) is 106 Å². The van der Waals surface area contributed by atoms with Crippen LogP contribution in [0.3, 0.4) is 0 Å². The van der Waals surface area contributed by atoms with Crippen LogP contribution in [0, 0.1) is 41.4 Å². The predicted molar refractivity (Wildman–Crippen MR) is 364 cm³/mol. The summed E-state index contributed by atoms with van der Waals surface area (Å²) >= 11 is 0. The van der Waals surface area contributed by atoms with Crippen LogP contribution in [0.25, 0.3) is 0 Å². The number of aromatic carboxylic acids is 1. The topological polar surface area (TPSA) is 316 Å². The van der Waals surface area contributed by atoms with E-state index in [9.17, 15) is 48.6 Å². The van der Waals surface area contributed by atoms with Crippen LogP contribution in [0.15, 0.2) is 36.4 Å². The molecule has 0 spiro atoms. The largest absolute Gasteiger partial charge is 0.478 e. The fourth-order valence-electron chi connectivity index (χ4n) is 12.3. The SMILES string of the molecule is C/C=C/C[C@@H](C)[C@@H](O)[C@H]1C(=O)N[C@@H](CC)C(=O)N(C)CC(=O)N(C)[C@@H](CC(C)C)C(=O)N[C@@H](C(C)C)C(=O)N(C)[C@@H](CC(C)C)C(=O)N[C@@H](C)C(=O)N[C@H](C)C(=O)N(C)[C@@H](CC(C)C)C(=O)N(C)[C@@H](CC(C)C)C(=O)N(C)[C@@](Cc2ccccc2C(=O)O)(C(C)C)C(=O)N1C. The lowest BCUT2D eigenvalue weighted by molar-refractivity contribution is -0.165. The molecule has 25 nitrogen and oxygen atoms in total. The van der Waals surface area contributed by atoms with Crippen molar-refractivity contribution in [2.75, 3.05) is 55.9 Å². The van der Waals surface area contributed by atoms with Gasteiger partial charge in [0, 0.05) is 55.8 Å². The molecular formula is C70H117N11O14. The third-order valence-electron chi connectivity index (χ3n) is 18.4. The van der Waals surface area contributed by atoms with E-state index in [2.05, 4.69) is 21.3 Å². The summed E-state index contributed by atoms with van der Waals surface area (Å²) in [5, 5.41) is 34.1. The average Bonchev–Trinajstić information content (AvgIpc) is 0.750. The smallest absolute Gasteiger partial charge is 0.335 e. The second-order valence-electron chi connectivity index (χ2n) is 28.5. The molecule has 11 amide bonds. The molecule has 12 atom stereocenters. The summed E-state index contributed by atoms with van der Waals surface area (Å²) in [6.07, 6.45) is 1.92. The van der Waals surface area contributed by atoms with Crippen molar-refractivity contribution in [2.24, 2.45) is 41.4 Å². The second kappa shape index (κ2) is 37.2. The van der Waals surface area contributed by atoms with Crippen molar-refractivity contribution in [3.63, 3.8) is 0 Å². The second-order valence-corrected chi connectivity index (χ2v) is 28.5. The number of nitrogens with one attached hydrogen (secondary N) is 4. The fraction of sp³-hybridized carbons (Fsp3) is 0.714. The van der Waals surface area contributed by atoms with E-state index < -0.39 is 168 Å². The number of aliphatic hydroxyl groups excluding tert-OH is 1. The summed E-state index contributed by atoms with van der Waals surface area (Å²) in [4.78, 5) is 186. The zero-order valence-corrected chi connectivity index (χ0v) is 61.4. The number of carboxylic acids is 1. The summed E-state index contributed by atoms with van der Waals surface area (Å²) in [5.74, 6) is -12.6. The van der Waals surface area contributed by atoms with Crippen LogP contribution in [0.5, 0.6) is 0 Å². The lowest BCUT2D eigenvalue weighted by atomic mass is 9.76. The molecule has 25 heteroatoms. The normalized spacial score (nSPS) is 26.0. The van der Waals surface area contributed by atoms with Crippen LogP contribution in [-0.4, -0.2) is 237 Å². The van der Waals surface area contributed by atoms with Crippen molar-refractivity contribution in [3.8, 4) is 0 Å². The minimum atomic E-state index is -2.12. The highest BCUT2D eigenvalue weighted by Gasteiger charge is 2.54. The fourth-order valence-corrected chi connectivity index (χ4v) is 12.3. The maximum absolute atomic E-state index is 16.4. The Bertz CT molecular complexity index is 2880. The minimum absolute atomic E-state index is 0.0141. The van der Waals surface area contributed by atoms with E-state index in [-0.39, 0.29) is 73.3 Å². The summed E-state index contributed by atoms with van der Waals surface area (Å²) in [6.45, 7) is 28.8. The van der Waals surface area contributed by atoms with Crippen LogP contribution in [-0.2, 0) is 59.2 Å². The highest BCUT2D eigenvalue weighted by atomic mass is 16.4. The first kappa shape index (κ1) is 83.6. The number of nitrogens with zero attached hydrogens (tertiary/aromatic N) is 7. The van der Waals surface area contributed by atoms with E-state index in [1.807, 2.05) is 55.4 Å². The summed E-state index contributed by atoms with van der Waals surface area (Å²) in [7, 11) is 9.64. The van der Waals surface area contributed by atoms with Gasteiger partial charge in [-0.15, -0.1) is 0 Å². The maximum atomic E-state index is 16.4. The molecule has 0 bridgehead atoms. The Morgan fingerprint density at radius 3 is 1.52 bits per heavy atom. The van der Waals surface area contributed by atoms with Crippen molar-refractivity contribution < 1.29 is 67.7 Å². The van der Waals surface area contributed by atoms with Crippen LogP contribution in [0.2, 0.25) is 0 Å². The van der Waals surface area contributed by atoms with E-state index in [4.69, 9.17) is 0 Å². The van der Waals surface area contributed by atoms with Gasteiger partial charge in [0.25, 0.3) is 0 Å². The summed E-state index contributed by atoms with van der Waals surface area (Å²) < 4.78 is 0. The molecule has 95 heavy (non-hydrogen) atoms.